The molecule has 4 atom stereocenters. The Bertz CT molecular complexity index is 1880. The molecule has 2 aliphatic heterocycles. The number of nitrogens with zero attached hydrogens (tertiary/aromatic N) is 3. The molecule has 0 radical (unpaired) electrons. The SMILES string of the molecule is CCC[C@H]1N(C(=O)c2ncccc2C(F)(F)F)CCC[C@@]1(Oc1csc(C(F)(F)F)c1)C(=O)N1CCC(O)(c2ccccc2O[C@H]2CC[C@@H](C(=O)O)C2)CC1. The molecule has 298 valence electrons. The molecule has 3 aromatic rings. The number of piperidine rings is 2. The van der Waals surface area contributed by atoms with E-state index in [1.54, 1.807) is 31.2 Å². The Hall–Kier alpha value is -4.38. The zero-order valence-electron chi connectivity index (χ0n) is 29.9. The number of hydrogen-bond acceptors (Lipinski definition) is 8. The molecule has 1 saturated carbocycles. The average Bonchev–Trinajstić information content (AvgIpc) is 3.82. The number of pyridine rings is 1. The van der Waals surface area contributed by atoms with Gasteiger partial charge in [0.05, 0.1) is 29.2 Å². The van der Waals surface area contributed by atoms with Crippen molar-refractivity contribution in [3.8, 4) is 11.5 Å². The maximum atomic E-state index is 14.9. The van der Waals surface area contributed by atoms with Crippen LogP contribution >= 0.6 is 11.3 Å². The molecule has 1 aliphatic carbocycles. The number of carbonyl (C=O) groups is 3. The number of carboxylic acids is 1. The number of alkyl halides is 6. The highest BCUT2D eigenvalue weighted by atomic mass is 32.1. The standard InChI is InChI=1S/C38H41F6N3O7S/c1-2-7-29-36(54-25-21-30(55-22-25)38(42,43)44,13-6-17-47(29)32(48)31-27(37(39,40)41)9-5-16-45-31)34(51)46-18-14-35(52,15-19-46)26-8-3-4-10-28(26)53-24-12-11-23(20-24)33(49)50/h3-5,8-10,16,21-24,29,52H,2,6-7,11-15,17-20H2,1H3,(H,49,50)/t23-,24+,29-,36+/m1/s1. The maximum absolute atomic E-state index is 14.9. The second-order valence-corrected chi connectivity index (χ2v) is 15.3. The number of para-hydroxylation sites is 1. The van der Waals surface area contributed by atoms with Crippen molar-refractivity contribution in [2.24, 2.45) is 5.92 Å². The number of hydrogen-bond donors (Lipinski definition) is 2. The molecular weight excluding hydrogens is 756 g/mol. The van der Waals surface area contributed by atoms with E-state index in [4.69, 9.17) is 9.47 Å². The van der Waals surface area contributed by atoms with E-state index in [9.17, 15) is 50.9 Å². The number of benzene rings is 1. The molecular formula is C38H41F6N3O7S. The zero-order valence-corrected chi connectivity index (χ0v) is 30.7. The zero-order chi connectivity index (χ0) is 39.8. The third-order valence-electron chi connectivity index (χ3n) is 10.8. The Morgan fingerprint density at radius 1 is 0.982 bits per heavy atom. The van der Waals surface area contributed by atoms with Gasteiger partial charge in [0.1, 0.15) is 22.1 Å². The largest absolute Gasteiger partial charge is 0.490 e. The average molecular weight is 798 g/mol. The van der Waals surface area contributed by atoms with Gasteiger partial charge >= 0.3 is 18.3 Å². The van der Waals surface area contributed by atoms with Crippen molar-refractivity contribution in [3.05, 3.63) is 75.7 Å². The number of aliphatic hydroxyl groups is 1. The molecule has 3 fully saturated rings. The fraction of sp³-hybridized carbons (Fsp3) is 0.526. The predicted octanol–water partition coefficient (Wildman–Crippen LogP) is 7.55. The lowest BCUT2D eigenvalue weighted by molar-refractivity contribution is -0.163. The number of aromatic nitrogens is 1. The first kappa shape index (κ1) is 40.3. The van der Waals surface area contributed by atoms with E-state index in [2.05, 4.69) is 4.98 Å². The van der Waals surface area contributed by atoms with E-state index in [1.165, 1.54) is 4.90 Å². The number of ether oxygens (including phenoxy) is 2. The van der Waals surface area contributed by atoms with Gasteiger partial charge in [-0.25, -0.2) is 0 Å². The number of amides is 2. The minimum absolute atomic E-state index is 0.0122. The highest BCUT2D eigenvalue weighted by Gasteiger charge is 2.57. The van der Waals surface area contributed by atoms with Crippen molar-refractivity contribution >= 4 is 29.1 Å². The van der Waals surface area contributed by atoms with Crippen molar-refractivity contribution in [2.45, 2.75) is 100 Å². The van der Waals surface area contributed by atoms with Gasteiger partial charge in [-0.2, -0.15) is 26.3 Å². The predicted molar refractivity (Wildman–Crippen MR) is 186 cm³/mol. The van der Waals surface area contributed by atoms with Crippen molar-refractivity contribution in [1.29, 1.82) is 0 Å². The summed E-state index contributed by atoms with van der Waals surface area (Å²) in [7, 11) is 0. The van der Waals surface area contributed by atoms with Crippen LogP contribution < -0.4 is 9.47 Å². The van der Waals surface area contributed by atoms with Crippen molar-refractivity contribution in [3.63, 3.8) is 0 Å². The highest BCUT2D eigenvalue weighted by Crippen LogP contribution is 2.45. The summed E-state index contributed by atoms with van der Waals surface area (Å²) in [5.74, 6) is -3.07. The maximum Gasteiger partial charge on any atom is 0.425 e. The fourth-order valence-electron chi connectivity index (χ4n) is 8.10. The lowest BCUT2D eigenvalue weighted by atomic mass is 9.78. The normalized spacial score (nSPS) is 24.4. The smallest absolute Gasteiger partial charge is 0.425 e. The molecule has 55 heavy (non-hydrogen) atoms. The number of thiophene rings is 1. The van der Waals surface area contributed by atoms with Gasteiger partial charge in [-0.05, 0) is 63.1 Å². The summed E-state index contributed by atoms with van der Waals surface area (Å²) in [6.07, 6.45) is -7.19. The molecule has 0 spiro atoms. The first-order chi connectivity index (χ1) is 26.0. The van der Waals surface area contributed by atoms with Crippen LogP contribution in [0.4, 0.5) is 26.3 Å². The molecule has 6 rings (SSSR count). The quantitative estimate of drug-likeness (QED) is 0.202. The van der Waals surface area contributed by atoms with Gasteiger partial charge in [-0.1, -0.05) is 31.5 Å². The van der Waals surface area contributed by atoms with Crippen LogP contribution in [0.25, 0.3) is 0 Å². The molecule has 0 bridgehead atoms. The highest BCUT2D eigenvalue weighted by molar-refractivity contribution is 7.10. The molecule has 2 aromatic heterocycles. The van der Waals surface area contributed by atoms with Gasteiger partial charge < -0.3 is 29.5 Å². The Morgan fingerprint density at radius 3 is 2.35 bits per heavy atom. The van der Waals surface area contributed by atoms with Gasteiger partial charge in [0.25, 0.3) is 11.8 Å². The Kier molecular flexibility index (Phi) is 11.5. The minimum Gasteiger partial charge on any atom is -0.490 e. The molecule has 1 aromatic carbocycles. The van der Waals surface area contributed by atoms with Crippen LogP contribution in [0, 0.1) is 5.92 Å². The molecule has 0 unspecified atom stereocenters. The summed E-state index contributed by atoms with van der Waals surface area (Å²) >= 11 is 0.361. The third-order valence-corrected chi connectivity index (χ3v) is 11.8. The number of carbonyl (C=O) groups excluding carboxylic acids is 2. The van der Waals surface area contributed by atoms with Crippen LogP contribution in [-0.4, -0.2) is 80.2 Å². The number of likely N-dealkylation sites (tertiary alicyclic amines) is 2. The summed E-state index contributed by atoms with van der Waals surface area (Å²) in [6, 6.07) is 8.19. The summed E-state index contributed by atoms with van der Waals surface area (Å²) < 4.78 is 95.7. The van der Waals surface area contributed by atoms with Gasteiger partial charge in [0.2, 0.25) is 5.60 Å². The van der Waals surface area contributed by atoms with Crippen LogP contribution in [0.3, 0.4) is 0 Å². The second-order valence-electron chi connectivity index (χ2n) is 14.3. The number of halogens is 6. The molecule has 3 aliphatic rings. The molecule has 4 heterocycles. The second kappa shape index (κ2) is 15.6. The van der Waals surface area contributed by atoms with Crippen LogP contribution in [-0.2, 0) is 27.5 Å². The summed E-state index contributed by atoms with van der Waals surface area (Å²) in [5, 5.41) is 22.5. The summed E-state index contributed by atoms with van der Waals surface area (Å²) in [6.45, 7) is 1.61. The summed E-state index contributed by atoms with van der Waals surface area (Å²) in [4.78, 5) is 45.8. The van der Waals surface area contributed by atoms with Crippen molar-refractivity contribution < 1.29 is 60.4 Å². The van der Waals surface area contributed by atoms with E-state index in [1.807, 2.05) is 0 Å². The number of carboxylic acid groups (broad SMARTS) is 1. The molecule has 2 amide bonds. The summed E-state index contributed by atoms with van der Waals surface area (Å²) in [5.41, 5.74) is -5.15. The third kappa shape index (κ3) is 8.27. The Morgan fingerprint density at radius 2 is 1.71 bits per heavy atom. The van der Waals surface area contributed by atoms with E-state index in [-0.39, 0.29) is 63.6 Å². The van der Waals surface area contributed by atoms with Crippen LogP contribution in [0.5, 0.6) is 11.5 Å². The molecule has 10 nitrogen and oxygen atoms in total. The van der Waals surface area contributed by atoms with Gasteiger partial charge in [-0.3, -0.25) is 19.4 Å². The minimum atomic E-state index is -4.92. The van der Waals surface area contributed by atoms with Crippen molar-refractivity contribution in [1.82, 2.24) is 14.8 Å². The first-order valence-corrected chi connectivity index (χ1v) is 19.0. The van der Waals surface area contributed by atoms with Gasteiger partial charge in [-0.15, -0.1) is 11.3 Å². The van der Waals surface area contributed by atoms with E-state index in [0.29, 0.717) is 48.3 Å². The Labute approximate surface area is 317 Å². The lowest BCUT2D eigenvalue weighted by Crippen LogP contribution is -2.68. The monoisotopic (exact) mass is 797 g/mol. The first-order valence-electron chi connectivity index (χ1n) is 18.2. The van der Waals surface area contributed by atoms with E-state index in [0.717, 1.165) is 34.7 Å². The lowest BCUT2D eigenvalue weighted by Gasteiger charge is -2.51. The molecule has 2 N–H and O–H groups in total. The fourth-order valence-corrected chi connectivity index (χ4v) is 8.77. The van der Waals surface area contributed by atoms with Crippen LogP contribution in [0.2, 0.25) is 0 Å². The van der Waals surface area contributed by atoms with Crippen molar-refractivity contribution in [2.75, 3.05) is 19.6 Å². The van der Waals surface area contributed by atoms with Gasteiger partial charge in [0, 0.05) is 49.3 Å². The van der Waals surface area contributed by atoms with E-state index < -0.39 is 69.4 Å². The topological polar surface area (TPSA) is 130 Å². The van der Waals surface area contributed by atoms with Gasteiger partial charge in [0.15, 0.2) is 0 Å². The molecule has 2 saturated heterocycles. The van der Waals surface area contributed by atoms with Crippen LogP contribution in [0.15, 0.2) is 54.0 Å². The Balaban J connectivity index is 1.31. The van der Waals surface area contributed by atoms with E-state index >= 15 is 0 Å². The van der Waals surface area contributed by atoms with Crippen LogP contribution in [0.1, 0.15) is 91.2 Å². The number of aliphatic carboxylic acids is 1. The number of rotatable bonds is 10. The molecule has 17 heteroatoms.